The Balaban J connectivity index is 1.88. The molecule has 1 amide bonds. The van der Waals surface area contributed by atoms with Crippen LogP contribution in [-0.4, -0.2) is 23.4 Å². The van der Waals surface area contributed by atoms with E-state index in [1.807, 2.05) is 53.4 Å². The van der Waals surface area contributed by atoms with Crippen molar-refractivity contribution < 1.29 is 4.79 Å². The van der Waals surface area contributed by atoms with E-state index in [4.69, 9.17) is 5.84 Å². The Morgan fingerprint density at radius 3 is 2.61 bits per heavy atom. The second-order valence-corrected chi connectivity index (χ2v) is 6.15. The topological polar surface area (TPSA) is 58.4 Å². The fourth-order valence-corrected chi connectivity index (χ4v) is 3.19. The summed E-state index contributed by atoms with van der Waals surface area (Å²) in [7, 11) is 0. The number of carbonyl (C=O) groups is 1. The minimum Gasteiger partial charge on any atom is -0.336 e. The number of hydrogen-bond acceptors (Lipinski definition) is 3. The van der Waals surface area contributed by atoms with Gasteiger partial charge < -0.3 is 10.3 Å². The van der Waals surface area contributed by atoms with Crippen molar-refractivity contribution in [3.63, 3.8) is 0 Å². The lowest BCUT2D eigenvalue weighted by molar-refractivity contribution is 0.0635. The van der Waals surface area contributed by atoms with E-state index in [9.17, 15) is 4.79 Å². The SMILES string of the molecule is C[C@@H]1CCCCN1C(=O)c1cccc(-c2cccc(NN)c2)c1. The van der Waals surface area contributed by atoms with Crippen molar-refractivity contribution in [1.82, 2.24) is 4.90 Å². The molecule has 2 aromatic rings. The maximum absolute atomic E-state index is 12.8. The number of benzene rings is 2. The normalized spacial score (nSPS) is 17.8. The van der Waals surface area contributed by atoms with Crippen molar-refractivity contribution in [2.75, 3.05) is 12.0 Å². The number of likely N-dealkylation sites (tertiary alicyclic amines) is 1. The molecule has 120 valence electrons. The van der Waals surface area contributed by atoms with E-state index in [1.54, 1.807) is 0 Å². The number of nitrogens with two attached hydrogens (primary N) is 1. The Kier molecular flexibility index (Phi) is 4.63. The first-order chi connectivity index (χ1) is 11.2. The van der Waals surface area contributed by atoms with Gasteiger partial charge in [0.15, 0.2) is 0 Å². The van der Waals surface area contributed by atoms with Crippen LogP contribution in [0.2, 0.25) is 0 Å². The number of hydrogen-bond donors (Lipinski definition) is 2. The van der Waals surface area contributed by atoms with Crippen molar-refractivity contribution in [3.05, 3.63) is 54.1 Å². The Labute approximate surface area is 137 Å². The van der Waals surface area contributed by atoms with E-state index in [2.05, 4.69) is 12.3 Å². The van der Waals surface area contributed by atoms with Gasteiger partial charge in [0.2, 0.25) is 0 Å². The molecule has 0 unspecified atom stereocenters. The molecule has 2 aromatic carbocycles. The molecule has 3 rings (SSSR count). The Bertz CT molecular complexity index is 699. The lowest BCUT2D eigenvalue weighted by Crippen LogP contribution is -2.42. The predicted octanol–water partition coefficient (Wildman–Crippen LogP) is 3.65. The molecule has 0 bridgehead atoms. The molecular formula is C19H23N3O. The molecule has 0 aromatic heterocycles. The van der Waals surface area contributed by atoms with Crippen molar-refractivity contribution in [1.29, 1.82) is 0 Å². The fourth-order valence-electron chi connectivity index (χ4n) is 3.19. The quantitative estimate of drug-likeness (QED) is 0.672. The number of nitrogens with zero attached hydrogens (tertiary/aromatic N) is 1. The minimum absolute atomic E-state index is 0.132. The molecule has 1 heterocycles. The van der Waals surface area contributed by atoms with Crippen LogP contribution < -0.4 is 11.3 Å². The van der Waals surface area contributed by atoms with Crippen molar-refractivity contribution in [2.24, 2.45) is 5.84 Å². The van der Waals surface area contributed by atoms with Gasteiger partial charge in [0.25, 0.3) is 5.91 Å². The molecule has 1 fully saturated rings. The molecule has 23 heavy (non-hydrogen) atoms. The van der Waals surface area contributed by atoms with Gasteiger partial charge in [-0.05, 0) is 61.6 Å². The van der Waals surface area contributed by atoms with Gasteiger partial charge in [-0.25, -0.2) is 0 Å². The van der Waals surface area contributed by atoms with Gasteiger partial charge in [0, 0.05) is 23.8 Å². The molecule has 4 heteroatoms. The maximum atomic E-state index is 12.8. The number of anilines is 1. The van der Waals surface area contributed by atoms with Crippen molar-refractivity contribution in [2.45, 2.75) is 32.2 Å². The summed E-state index contributed by atoms with van der Waals surface area (Å²) in [4.78, 5) is 14.8. The van der Waals surface area contributed by atoms with E-state index in [0.717, 1.165) is 41.8 Å². The maximum Gasteiger partial charge on any atom is 0.254 e. The van der Waals surface area contributed by atoms with Gasteiger partial charge in [-0.3, -0.25) is 10.6 Å². The van der Waals surface area contributed by atoms with Gasteiger partial charge >= 0.3 is 0 Å². The number of nitrogen functional groups attached to an aromatic ring is 1. The monoisotopic (exact) mass is 309 g/mol. The highest BCUT2D eigenvalue weighted by Gasteiger charge is 2.24. The van der Waals surface area contributed by atoms with E-state index in [-0.39, 0.29) is 5.91 Å². The lowest BCUT2D eigenvalue weighted by Gasteiger charge is -2.33. The zero-order valence-corrected chi connectivity index (χ0v) is 13.5. The smallest absolute Gasteiger partial charge is 0.254 e. The molecule has 1 aliphatic heterocycles. The first-order valence-electron chi connectivity index (χ1n) is 8.17. The van der Waals surface area contributed by atoms with Crippen LogP contribution in [0.25, 0.3) is 11.1 Å². The highest BCUT2D eigenvalue weighted by Crippen LogP contribution is 2.25. The number of rotatable bonds is 3. The van der Waals surface area contributed by atoms with E-state index in [0.29, 0.717) is 6.04 Å². The molecule has 3 N–H and O–H groups in total. The number of hydrazine groups is 1. The highest BCUT2D eigenvalue weighted by molar-refractivity contribution is 5.95. The summed E-state index contributed by atoms with van der Waals surface area (Å²) in [6, 6.07) is 16.0. The molecule has 4 nitrogen and oxygen atoms in total. The van der Waals surface area contributed by atoms with Crippen LogP contribution in [0.5, 0.6) is 0 Å². The summed E-state index contributed by atoms with van der Waals surface area (Å²) in [5.74, 6) is 5.61. The van der Waals surface area contributed by atoms with E-state index >= 15 is 0 Å². The summed E-state index contributed by atoms with van der Waals surface area (Å²) in [5.41, 5.74) is 6.33. The summed E-state index contributed by atoms with van der Waals surface area (Å²) in [5, 5.41) is 0. The molecule has 1 aliphatic rings. The molecule has 0 spiro atoms. The predicted molar refractivity (Wildman–Crippen MR) is 94.0 cm³/mol. The highest BCUT2D eigenvalue weighted by atomic mass is 16.2. The van der Waals surface area contributed by atoms with Crippen LogP contribution >= 0.6 is 0 Å². The summed E-state index contributed by atoms with van der Waals surface area (Å²) in [6.45, 7) is 2.99. The summed E-state index contributed by atoms with van der Waals surface area (Å²) in [6.07, 6.45) is 3.40. The van der Waals surface area contributed by atoms with Crippen LogP contribution in [0, 0.1) is 0 Å². The van der Waals surface area contributed by atoms with Crippen LogP contribution in [0.3, 0.4) is 0 Å². The number of nitrogens with one attached hydrogen (secondary N) is 1. The van der Waals surface area contributed by atoms with Gasteiger partial charge in [0.05, 0.1) is 0 Å². The average molecular weight is 309 g/mol. The van der Waals surface area contributed by atoms with Gasteiger partial charge in [-0.15, -0.1) is 0 Å². The van der Waals surface area contributed by atoms with Crippen molar-refractivity contribution >= 4 is 11.6 Å². The second-order valence-electron chi connectivity index (χ2n) is 6.15. The molecule has 0 aliphatic carbocycles. The van der Waals surface area contributed by atoms with Crippen LogP contribution in [0.15, 0.2) is 48.5 Å². The zero-order valence-electron chi connectivity index (χ0n) is 13.5. The van der Waals surface area contributed by atoms with Gasteiger partial charge in [-0.2, -0.15) is 0 Å². The van der Waals surface area contributed by atoms with E-state index in [1.165, 1.54) is 6.42 Å². The first-order valence-corrected chi connectivity index (χ1v) is 8.17. The fraction of sp³-hybridized carbons (Fsp3) is 0.316. The molecule has 0 radical (unpaired) electrons. The summed E-state index contributed by atoms with van der Waals surface area (Å²) < 4.78 is 0. The largest absolute Gasteiger partial charge is 0.336 e. The summed E-state index contributed by atoms with van der Waals surface area (Å²) >= 11 is 0. The van der Waals surface area contributed by atoms with Gasteiger partial charge in [0.1, 0.15) is 0 Å². The molecule has 0 saturated carbocycles. The average Bonchev–Trinajstić information content (AvgIpc) is 2.62. The van der Waals surface area contributed by atoms with Gasteiger partial charge in [-0.1, -0.05) is 24.3 Å². The Hall–Kier alpha value is -2.33. The number of carbonyl (C=O) groups excluding carboxylic acids is 1. The number of piperidine rings is 1. The van der Waals surface area contributed by atoms with Crippen LogP contribution in [0.4, 0.5) is 5.69 Å². The molecule has 1 atom stereocenters. The lowest BCUT2D eigenvalue weighted by atomic mass is 9.99. The van der Waals surface area contributed by atoms with E-state index < -0.39 is 0 Å². The van der Waals surface area contributed by atoms with Crippen LogP contribution in [-0.2, 0) is 0 Å². The third-order valence-electron chi connectivity index (χ3n) is 4.54. The second kappa shape index (κ2) is 6.84. The zero-order chi connectivity index (χ0) is 16.2. The third-order valence-corrected chi connectivity index (χ3v) is 4.54. The Morgan fingerprint density at radius 2 is 1.87 bits per heavy atom. The molecular weight excluding hydrogens is 286 g/mol. The standard InChI is InChI=1S/C19H23N3O/c1-14-6-2-3-11-22(14)19(23)17-9-4-7-15(12-17)16-8-5-10-18(13-16)21-20/h4-5,7-10,12-14,21H,2-3,6,11,20H2,1H3/t14-/m1/s1. The Morgan fingerprint density at radius 1 is 1.13 bits per heavy atom. The minimum atomic E-state index is 0.132. The van der Waals surface area contributed by atoms with Crippen molar-refractivity contribution in [3.8, 4) is 11.1 Å². The third kappa shape index (κ3) is 3.37. The number of amides is 1. The molecule has 1 saturated heterocycles. The van der Waals surface area contributed by atoms with Crippen LogP contribution in [0.1, 0.15) is 36.5 Å². The first kappa shape index (κ1) is 15.6.